The summed E-state index contributed by atoms with van der Waals surface area (Å²) in [5, 5.41) is 0. The van der Waals surface area contributed by atoms with Gasteiger partial charge in [-0.15, -0.1) is 0 Å². The van der Waals surface area contributed by atoms with Crippen molar-refractivity contribution in [1.29, 1.82) is 0 Å². The fourth-order valence-corrected chi connectivity index (χ4v) is 4.44. The van der Waals surface area contributed by atoms with Crippen molar-refractivity contribution in [1.82, 2.24) is 0 Å². The lowest BCUT2D eigenvalue weighted by Crippen LogP contribution is -2.46. The third-order valence-corrected chi connectivity index (χ3v) is 5.15. The molecule has 0 aromatic heterocycles. The van der Waals surface area contributed by atoms with Crippen LogP contribution in [-0.4, -0.2) is 18.2 Å². The van der Waals surface area contributed by atoms with E-state index in [2.05, 4.69) is 20.8 Å². The van der Waals surface area contributed by atoms with Crippen molar-refractivity contribution in [2.75, 3.05) is 6.54 Å². The minimum Gasteiger partial charge on any atom is -0.370 e. The van der Waals surface area contributed by atoms with Crippen molar-refractivity contribution in [3.63, 3.8) is 0 Å². The van der Waals surface area contributed by atoms with Crippen LogP contribution in [0.25, 0.3) is 0 Å². The molecule has 0 bridgehead atoms. The summed E-state index contributed by atoms with van der Waals surface area (Å²) in [5.74, 6) is 0.786. The van der Waals surface area contributed by atoms with Gasteiger partial charge in [-0.3, -0.25) is 0 Å². The van der Waals surface area contributed by atoms with E-state index < -0.39 is 0 Å². The molecule has 0 heterocycles. The van der Waals surface area contributed by atoms with Crippen molar-refractivity contribution >= 4 is 0 Å². The second kappa shape index (κ2) is 6.13. The van der Waals surface area contributed by atoms with E-state index in [1.807, 2.05) is 0 Å². The summed E-state index contributed by atoms with van der Waals surface area (Å²) in [4.78, 5) is 0. The Hall–Kier alpha value is -0.0800. The van der Waals surface area contributed by atoms with Crippen molar-refractivity contribution in [3.05, 3.63) is 0 Å². The molecule has 2 N–H and O–H groups in total. The second-order valence-corrected chi connectivity index (χ2v) is 7.95. The highest BCUT2D eigenvalue weighted by molar-refractivity contribution is 4.89. The molecule has 19 heavy (non-hydrogen) atoms. The first kappa shape index (κ1) is 15.3. The lowest BCUT2D eigenvalue weighted by atomic mass is 9.71. The van der Waals surface area contributed by atoms with E-state index in [9.17, 15) is 0 Å². The van der Waals surface area contributed by atoms with E-state index in [0.29, 0.717) is 18.1 Å². The van der Waals surface area contributed by atoms with Gasteiger partial charge in [0.1, 0.15) is 0 Å². The quantitative estimate of drug-likeness (QED) is 0.775. The molecule has 2 nitrogen and oxygen atoms in total. The van der Waals surface area contributed by atoms with Crippen LogP contribution in [0.3, 0.4) is 0 Å². The van der Waals surface area contributed by atoms with E-state index in [1.165, 1.54) is 57.8 Å². The van der Waals surface area contributed by atoms with Crippen molar-refractivity contribution in [3.8, 4) is 0 Å². The summed E-state index contributed by atoms with van der Waals surface area (Å²) in [5.41, 5.74) is 6.53. The lowest BCUT2D eigenvalue weighted by Gasteiger charge is -2.43. The average Bonchev–Trinajstić information content (AvgIpc) is 2.52. The monoisotopic (exact) mass is 267 g/mol. The Kier molecular flexibility index (Phi) is 4.94. The fraction of sp³-hybridized carbons (Fsp3) is 1.00. The van der Waals surface area contributed by atoms with Gasteiger partial charge in [0, 0.05) is 6.54 Å². The van der Waals surface area contributed by atoms with Gasteiger partial charge >= 0.3 is 0 Å². The molecule has 0 saturated heterocycles. The highest BCUT2D eigenvalue weighted by atomic mass is 16.5. The first-order chi connectivity index (χ1) is 8.95. The van der Waals surface area contributed by atoms with Gasteiger partial charge in [0.2, 0.25) is 0 Å². The van der Waals surface area contributed by atoms with Crippen LogP contribution >= 0.6 is 0 Å². The van der Waals surface area contributed by atoms with Crippen molar-refractivity contribution < 1.29 is 4.74 Å². The molecule has 0 amide bonds. The molecule has 2 fully saturated rings. The smallest absolute Gasteiger partial charge is 0.0807 e. The molecule has 2 saturated carbocycles. The summed E-state index contributed by atoms with van der Waals surface area (Å²) in [6.07, 6.45) is 11.9. The molecule has 2 aliphatic carbocycles. The van der Waals surface area contributed by atoms with Crippen LogP contribution in [0.1, 0.15) is 78.6 Å². The largest absolute Gasteiger partial charge is 0.370 e. The van der Waals surface area contributed by atoms with Crippen LogP contribution in [0.4, 0.5) is 0 Å². The third-order valence-electron chi connectivity index (χ3n) is 5.15. The topological polar surface area (TPSA) is 35.2 Å². The van der Waals surface area contributed by atoms with E-state index in [4.69, 9.17) is 10.5 Å². The number of nitrogens with two attached hydrogens (primary N) is 1. The van der Waals surface area contributed by atoms with Gasteiger partial charge in [-0.2, -0.15) is 0 Å². The van der Waals surface area contributed by atoms with Crippen LogP contribution in [0, 0.1) is 11.3 Å². The Morgan fingerprint density at radius 1 is 1.05 bits per heavy atom. The fourth-order valence-electron chi connectivity index (χ4n) is 4.44. The summed E-state index contributed by atoms with van der Waals surface area (Å²) in [7, 11) is 0. The molecule has 2 heteroatoms. The van der Waals surface area contributed by atoms with Crippen LogP contribution in [-0.2, 0) is 4.74 Å². The molecule has 0 aromatic carbocycles. The minimum absolute atomic E-state index is 0.00565. The first-order valence-electron chi connectivity index (χ1n) is 8.33. The Labute approximate surface area is 119 Å². The predicted octanol–water partition coefficient (Wildman–Crippen LogP) is 4.27. The van der Waals surface area contributed by atoms with Gasteiger partial charge in [-0.25, -0.2) is 0 Å². The first-order valence-corrected chi connectivity index (χ1v) is 8.33. The van der Waals surface area contributed by atoms with E-state index >= 15 is 0 Å². The Bertz CT molecular complexity index is 279. The molecule has 0 aromatic rings. The Morgan fingerprint density at radius 3 is 2.21 bits per heavy atom. The van der Waals surface area contributed by atoms with Gasteiger partial charge in [-0.1, -0.05) is 46.5 Å². The van der Waals surface area contributed by atoms with E-state index in [0.717, 1.165) is 5.92 Å². The molecule has 2 atom stereocenters. The zero-order chi connectivity index (χ0) is 13.9. The minimum atomic E-state index is -0.00565. The van der Waals surface area contributed by atoms with E-state index in [-0.39, 0.29) is 5.60 Å². The highest BCUT2D eigenvalue weighted by Gasteiger charge is 2.38. The van der Waals surface area contributed by atoms with Crippen LogP contribution in [0.2, 0.25) is 0 Å². The SMILES string of the molecule is CC1CC(OC2(CN)CCCCCC2)CC(C)(C)C1. The van der Waals surface area contributed by atoms with Gasteiger partial charge in [0.05, 0.1) is 11.7 Å². The van der Waals surface area contributed by atoms with Gasteiger partial charge < -0.3 is 10.5 Å². The molecule has 0 spiro atoms. The van der Waals surface area contributed by atoms with Crippen molar-refractivity contribution in [2.45, 2.75) is 90.3 Å². The maximum absolute atomic E-state index is 6.63. The Balaban J connectivity index is 2.00. The van der Waals surface area contributed by atoms with Crippen LogP contribution in [0.15, 0.2) is 0 Å². The van der Waals surface area contributed by atoms with Gasteiger partial charge in [0.15, 0.2) is 0 Å². The molecular weight excluding hydrogens is 234 g/mol. The molecule has 2 aliphatic rings. The summed E-state index contributed by atoms with van der Waals surface area (Å²) < 4.78 is 6.63. The average molecular weight is 267 g/mol. The second-order valence-electron chi connectivity index (χ2n) is 7.95. The van der Waals surface area contributed by atoms with Crippen molar-refractivity contribution in [2.24, 2.45) is 17.1 Å². The molecule has 0 radical (unpaired) electrons. The predicted molar refractivity (Wildman–Crippen MR) is 81.2 cm³/mol. The maximum Gasteiger partial charge on any atom is 0.0807 e. The number of hydrogen-bond donors (Lipinski definition) is 1. The number of hydrogen-bond acceptors (Lipinski definition) is 2. The molecule has 0 aliphatic heterocycles. The highest BCUT2D eigenvalue weighted by Crippen LogP contribution is 2.42. The van der Waals surface area contributed by atoms with Gasteiger partial charge in [0.25, 0.3) is 0 Å². The zero-order valence-corrected chi connectivity index (χ0v) is 13.2. The molecule has 2 unspecified atom stereocenters. The molecular formula is C17H33NO. The standard InChI is InChI=1S/C17H33NO/c1-14-10-15(12-16(2,3)11-14)19-17(13-18)8-6-4-5-7-9-17/h14-15H,4-13,18H2,1-3H3. The third kappa shape index (κ3) is 4.19. The summed E-state index contributed by atoms with van der Waals surface area (Å²) in [6, 6.07) is 0. The summed E-state index contributed by atoms with van der Waals surface area (Å²) >= 11 is 0. The maximum atomic E-state index is 6.63. The van der Waals surface area contributed by atoms with Crippen LogP contribution < -0.4 is 5.73 Å². The zero-order valence-electron chi connectivity index (χ0n) is 13.2. The lowest BCUT2D eigenvalue weighted by molar-refractivity contribution is -0.129. The number of rotatable bonds is 3. The number of ether oxygens (including phenoxy) is 1. The summed E-state index contributed by atoms with van der Waals surface area (Å²) in [6.45, 7) is 7.86. The van der Waals surface area contributed by atoms with Gasteiger partial charge in [-0.05, 0) is 43.4 Å². The molecule has 112 valence electrons. The van der Waals surface area contributed by atoms with Crippen LogP contribution in [0.5, 0.6) is 0 Å². The Morgan fingerprint density at radius 2 is 1.68 bits per heavy atom. The molecule has 2 rings (SSSR count). The van der Waals surface area contributed by atoms with E-state index in [1.54, 1.807) is 0 Å². The normalized spacial score (nSPS) is 34.7.